The van der Waals surface area contributed by atoms with Crippen molar-refractivity contribution in [1.82, 2.24) is 15.5 Å². The number of hydrogen-bond donors (Lipinski definition) is 2. The van der Waals surface area contributed by atoms with Crippen LogP contribution in [-0.2, 0) is 16.1 Å². The standard InChI is InChI=1S/C19H30N4O3.HI/c1-20-19(21-13-7-5-6-8-17(24)26-4)22-14-15-9-11-16(12-10-15)18(25)23(2)3;/h9-12H,5-8,13-14H2,1-4H3,(H2,20,21,22);1H. The summed E-state index contributed by atoms with van der Waals surface area (Å²) in [6.07, 6.45) is 3.22. The van der Waals surface area contributed by atoms with Crippen molar-refractivity contribution in [2.75, 3.05) is 34.8 Å². The molecule has 0 saturated heterocycles. The zero-order valence-electron chi connectivity index (χ0n) is 16.6. The molecule has 27 heavy (non-hydrogen) atoms. The summed E-state index contributed by atoms with van der Waals surface area (Å²) in [7, 11) is 6.62. The van der Waals surface area contributed by atoms with Gasteiger partial charge in [0.25, 0.3) is 5.91 Å². The minimum absolute atomic E-state index is 0. The van der Waals surface area contributed by atoms with Gasteiger partial charge in [-0.15, -0.1) is 24.0 Å². The lowest BCUT2D eigenvalue weighted by Gasteiger charge is -2.13. The highest BCUT2D eigenvalue weighted by atomic mass is 127. The number of nitrogens with zero attached hydrogens (tertiary/aromatic N) is 2. The third-order valence-electron chi connectivity index (χ3n) is 3.87. The van der Waals surface area contributed by atoms with Crippen molar-refractivity contribution in [3.63, 3.8) is 0 Å². The zero-order chi connectivity index (χ0) is 19.4. The van der Waals surface area contributed by atoms with Crippen LogP contribution in [0, 0.1) is 0 Å². The molecule has 0 saturated carbocycles. The molecule has 7 nitrogen and oxygen atoms in total. The third kappa shape index (κ3) is 10.2. The van der Waals surface area contributed by atoms with Crippen molar-refractivity contribution in [2.24, 2.45) is 4.99 Å². The van der Waals surface area contributed by atoms with Crippen molar-refractivity contribution in [3.8, 4) is 0 Å². The van der Waals surface area contributed by atoms with Gasteiger partial charge in [0.05, 0.1) is 7.11 Å². The van der Waals surface area contributed by atoms with Gasteiger partial charge in [0, 0.05) is 46.2 Å². The fourth-order valence-corrected chi connectivity index (χ4v) is 2.31. The van der Waals surface area contributed by atoms with E-state index < -0.39 is 0 Å². The molecule has 152 valence electrons. The summed E-state index contributed by atoms with van der Waals surface area (Å²) in [5, 5.41) is 6.49. The molecule has 1 aromatic carbocycles. The van der Waals surface area contributed by atoms with Crippen LogP contribution in [0.25, 0.3) is 0 Å². The quantitative estimate of drug-likeness (QED) is 0.183. The van der Waals surface area contributed by atoms with Gasteiger partial charge in [-0.05, 0) is 30.5 Å². The van der Waals surface area contributed by atoms with Crippen LogP contribution >= 0.6 is 24.0 Å². The van der Waals surface area contributed by atoms with Crippen molar-refractivity contribution in [2.45, 2.75) is 32.2 Å². The molecule has 8 heteroatoms. The fraction of sp³-hybridized carbons (Fsp3) is 0.526. The van der Waals surface area contributed by atoms with Gasteiger partial charge in [-0.3, -0.25) is 14.6 Å². The van der Waals surface area contributed by atoms with Gasteiger partial charge >= 0.3 is 5.97 Å². The van der Waals surface area contributed by atoms with Gasteiger partial charge in [0.1, 0.15) is 0 Å². The van der Waals surface area contributed by atoms with E-state index in [1.807, 2.05) is 24.3 Å². The minimum atomic E-state index is -0.159. The van der Waals surface area contributed by atoms with E-state index in [1.165, 1.54) is 7.11 Å². The Hall–Kier alpha value is -1.84. The van der Waals surface area contributed by atoms with Crippen molar-refractivity contribution in [3.05, 3.63) is 35.4 Å². The van der Waals surface area contributed by atoms with Crippen LogP contribution in [0.5, 0.6) is 0 Å². The molecule has 0 aliphatic heterocycles. The van der Waals surface area contributed by atoms with E-state index in [0.29, 0.717) is 18.5 Å². The van der Waals surface area contributed by atoms with Crippen LogP contribution in [0.1, 0.15) is 41.6 Å². The Balaban J connectivity index is 0.00000676. The summed E-state index contributed by atoms with van der Waals surface area (Å²) in [6, 6.07) is 7.53. The number of esters is 1. The summed E-state index contributed by atoms with van der Waals surface area (Å²) in [4.78, 5) is 28.6. The summed E-state index contributed by atoms with van der Waals surface area (Å²) >= 11 is 0. The molecule has 0 unspecified atom stereocenters. The second kappa shape index (κ2) is 14.2. The van der Waals surface area contributed by atoms with Crippen LogP contribution in [0.4, 0.5) is 0 Å². The Labute approximate surface area is 179 Å². The Kier molecular flexibility index (Phi) is 13.3. The SMILES string of the molecule is CN=C(NCCCCCC(=O)OC)NCc1ccc(C(=O)N(C)C)cc1.I. The third-order valence-corrected chi connectivity index (χ3v) is 3.87. The van der Waals surface area contributed by atoms with E-state index in [4.69, 9.17) is 0 Å². The highest BCUT2D eigenvalue weighted by molar-refractivity contribution is 14.0. The van der Waals surface area contributed by atoms with E-state index in [9.17, 15) is 9.59 Å². The lowest BCUT2D eigenvalue weighted by Crippen LogP contribution is -2.37. The Morgan fingerprint density at radius 3 is 2.30 bits per heavy atom. The lowest BCUT2D eigenvalue weighted by molar-refractivity contribution is -0.140. The first-order valence-electron chi connectivity index (χ1n) is 8.80. The largest absolute Gasteiger partial charge is 0.469 e. The molecular formula is C19H31IN4O3. The second-order valence-corrected chi connectivity index (χ2v) is 6.14. The van der Waals surface area contributed by atoms with Crippen LogP contribution < -0.4 is 10.6 Å². The fourth-order valence-electron chi connectivity index (χ4n) is 2.31. The van der Waals surface area contributed by atoms with Gasteiger partial charge in [0.2, 0.25) is 0 Å². The molecule has 0 fully saturated rings. The van der Waals surface area contributed by atoms with Crippen LogP contribution in [-0.4, -0.2) is 57.5 Å². The molecule has 1 aromatic rings. The molecule has 0 radical (unpaired) electrons. The number of aliphatic imine (C=N–C) groups is 1. The number of carbonyl (C=O) groups excluding carboxylic acids is 2. The Bertz CT molecular complexity index is 603. The van der Waals surface area contributed by atoms with Gasteiger partial charge in [-0.25, -0.2) is 0 Å². The molecule has 0 bridgehead atoms. The monoisotopic (exact) mass is 490 g/mol. The highest BCUT2D eigenvalue weighted by Gasteiger charge is 2.07. The van der Waals surface area contributed by atoms with Crippen molar-refractivity contribution < 1.29 is 14.3 Å². The van der Waals surface area contributed by atoms with E-state index in [1.54, 1.807) is 26.0 Å². The second-order valence-electron chi connectivity index (χ2n) is 6.14. The van der Waals surface area contributed by atoms with E-state index >= 15 is 0 Å². The Morgan fingerprint density at radius 1 is 1.07 bits per heavy atom. The average Bonchev–Trinajstić information content (AvgIpc) is 2.66. The highest BCUT2D eigenvalue weighted by Crippen LogP contribution is 2.06. The molecular weight excluding hydrogens is 459 g/mol. The first-order valence-corrected chi connectivity index (χ1v) is 8.80. The van der Waals surface area contributed by atoms with E-state index in [-0.39, 0.29) is 35.9 Å². The number of halogens is 1. The maximum atomic E-state index is 11.9. The number of carbonyl (C=O) groups is 2. The lowest BCUT2D eigenvalue weighted by atomic mass is 10.1. The van der Waals surface area contributed by atoms with E-state index in [2.05, 4.69) is 20.4 Å². The predicted molar refractivity (Wildman–Crippen MR) is 119 cm³/mol. The van der Waals surface area contributed by atoms with Gasteiger partial charge in [-0.1, -0.05) is 18.6 Å². The summed E-state index contributed by atoms with van der Waals surface area (Å²) < 4.78 is 4.61. The number of unbranched alkanes of at least 4 members (excludes halogenated alkanes) is 2. The van der Waals surface area contributed by atoms with Gasteiger partial charge < -0.3 is 20.3 Å². The minimum Gasteiger partial charge on any atom is -0.469 e. The van der Waals surface area contributed by atoms with Crippen LogP contribution in [0.15, 0.2) is 29.3 Å². The van der Waals surface area contributed by atoms with E-state index in [0.717, 1.165) is 37.3 Å². The van der Waals surface area contributed by atoms with Gasteiger partial charge in [-0.2, -0.15) is 0 Å². The summed E-state index contributed by atoms with van der Waals surface area (Å²) in [6.45, 7) is 1.41. The maximum Gasteiger partial charge on any atom is 0.305 e. The predicted octanol–water partition coefficient (Wildman–Crippen LogP) is 2.40. The number of hydrogen-bond acceptors (Lipinski definition) is 4. The first kappa shape index (κ1) is 25.2. The number of benzene rings is 1. The Morgan fingerprint density at radius 2 is 1.74 bits per heavy atom. The number of guanidine groups is 1. The maximum absolute atomic E-state index is 11.9. The number of nitrogens with one attached hydrogen (secondary N) is 2. The number of rotatable bonds is 9. The number of methoxy groups -OCH3 is 1. The van der Waals surface area contributed by atoms with Crippen molar-refractivity contribution in [1.29, 1.82) is 0 Å². The number of amides is 1. The van der Waals surface area contributed by atoms with Crippen molar-refractivity contribution >= 4 is 41.8 Å². The average molecular weight is 490 g/mol. The molecule has 0 heterocycles. The molecule has 2 N–H and O–H groups in total. The normalized spacial score (nSPS) is 10.6. The molecule has 1 rings (SSSR count). The zero-order valence-corrected chi connectivity index (χ0v) is 18.9. The van der Waals surface area contributed by atoms with Crippen LogP contribution in [0.2, 0.25) is 0 Å². The molecule has 1 amide bonds. The summed E-state index contributed by atoms with van der Waals surface area (Å²) in [5.74, 6) is 0.564. The smallest absolute Gasteiger partial charge is 0.305 e. The first-order chi connectivity index (χ1) is 12.5. The molecule has 0 aliphatic carbocycles. The van der Waals surface area contributed by atoms with Gasteiger partial charge in [0.15, 0.2) is 5.96 Å². The summed E-state index contributed by atoms with van der Waals surface area (Å²) in [5.41, 5.74) is 1.74. The molecule has 0 aliphatic rings. The molecule has 0 spiro atoms. The number of ether oxygens (including phenoxy) is 1. The topological polar surface area (TPSA) is 83.0 Å². The molecule has 0 aromatic heterocycles. The molecule has 0 atom stereocenters. The van der Waals surface area contributed by atoms with Crippen LogP contribution in [0.3, 0.4) is 0 Å².